The summed E-state index contributed by atoms with van der Waals surface area (Å²) < 4.78 is 21.2. The molecule has 6 nitrogen and oxygen atoms in total. The van der Waals surface area contributed by atoms with Crippen LogP contribution in [0.5, 0.6) is 0 Å². The summed E-state index contributed by atoms with van der Waals surface area (Å²) in [4.78, 5) is 23.9. The van der Waals surface area contributed by atoms with Crippen LogP contribution in [-0.4, -0.2) is 37.7 Å². The van der Waals surface area contributed by atoms with E-state index >= 15 is 0 Å². The Labute approximate surface area is 189 Å². The second kappa shape index (κ2) is 17.1. The molecule has 2 atom stereocenters. The van der Waals surface area contributed by atoms with Crippen molar-refractivity contribution in [2.45, 2.75) is 123 Å². The molecular weight excluding hydrogens is 396 g/mol. The van der Waals surface area contributed by atoms with Gasteiger partial charge in [-0.3, -0.25) is 0 Å². The Balaban J connectivity index is 2.12. The average molecular weight is 443 g/mol. The van der Waals surface area contributed by atoms with Gasteiger partial charge in [0.15, 0.2) is 0 Å². The van der Waals surface area contributed by atoms with E-state index in [0.29, 0.717) is 32.0 Å². The molecule has 1 saturated carbocycles. The van der Waals surface area contributed by atoms with Gasteiger partial charge in [0, 0.05) is 0 Å². The van der Waals surface area contributed by atoms with Gasteiger partial charge < -0.3 is 18.9 Å². The van der Waals surface area contributed by atoms with Crippen LogP contribution in [0.4, 0.5) is 9.59 Å². The van der Waals surface area contributed by atoms with Crippen LogP contribution >= 0.6 is 0 Å². The smallest absolute Gasteiger partial charge is 0.434 e. The van der Waals surface area contributed by atoms with Crippen LogP contribution in [0.3, 0.4) is 0 Å². The summed E-state index contributed by atoms with van der Waals surface area (Å²) in [5.74, 6) is 1.26. The van der Waals surface area contributed by atoms with E-state index in [1.165, 1.54) is 38.5 Å². The fourth-order valence-electron chi connectivity index (χ4n) is 3.72. The molecule has 0 aromatic heterocycles. The molecule has 0 radical (unpaired) electrons. The van der Waals surface area contributed by atoms with Crippen LogP contribution in [-0.2, 0) is 18.9 Å². The molecule has 1 aliphatic carbocycles. The Morgan fingerprint density at radius 3 is 1.61 bits per heavy atom. The Morgan fingerprint density at radius 1 is 0.645 bits per heavy atom. The van der Waals surface area contributed by atoms with Gasteiger partial charge in [-0.25, -0.2) is 9.59 Å². The maximum Gasteiger partial charge on any atom is 0.508 e. The van der Waals surface area contributed by atoms with E-state index in [0.717, 1.165) is 38.0 Å². The summed E-state index contributed by atoms with van der Waals surface area (Å²) >= 11 is 0. The first-order valence-electron chi connectivity index (χ1n) is 12.5. The minimum absolute atomic E-state index is 0.342. The molecule has 1 rings (SSSR count). The Kier molecular flexibility index (Phi) is 15.2. The lowest BCUT2D eigenvalue weighted by Gasteiger charge is -2.29. The molecule has 0 aromatic rings. The van der Waals surface area contributed by atoms with Gasteiger partial charge in [0.25, 0.3) is 0 Å². The highest BCUT2D eigenvalue weighted by Crippen LogP contribution is 2.25. The first kappa shape index (κ1) is 27.6. The fraction of sp³-hybridized carbons (Fsp3) is 0.920. The molecule has 31 heavy (non-hydrogen) atoms. The van der Waals surface area contributed by atoms with Crippen molar-refractivity contribution in [1.29, 1.82) is 0 Å². The first-order chi connectivity index (χ1) is 14.9. The van der Waals surface area contributed by atoms with Crippen molar-refractivity contribution in [3.63, 3.8) is 0 Å². The minimum atomic E-state index is -0.682. The van der Waals surface area contributed by atoms with Gasteiger partial charge in [0.1, 0.15) is 12.2 Å². The molecule has 182 valence electrons. The zero-order valence-corrected chi connectivity index (χ0v) is 20.4. The topological polar surface area (TPSA) is 71.1 Å². The standard InChI is InChI=1S/C25H46O6/c1-20(2)14-10-8-6-5-7-9-13-18-28-24(26)30-22-15-11-12-16-23(22)31-25(27)29-19-17-21(3)4/h20-23H,5-19H2,1-4H3. The van der Waals surface area contributed by atoms with Crippen molar-refractivity contribution in [1.82, 2.24) is 0 Å². The highest BCUT2D eigenvalue weighted by atomic mass is 16.8. The van der Waals surface area contributed by atoms with Crippen LogP contribution < -0.4 is 0 Å². The molecule has 0 heterocycles. The highest BCUT2D eigenvalue weighted by Gasteiger charge is 2.32. The van der Waals surface area contributed by atoms with E-state index in [9.17, 15) is 9.59 Å². The Morgan fingerprint density at radius 2 is 1.10 bits per heavy atom. The molecule has 0 amide bonds. The SMILES string of the molecule is CC(C)CCCCCCCCCOC(=O)OC1CCCCC1OC(=O)OCCC(C)C. The second-order valence-electron chi connectivity index (χ2n) is 9.63. The molecule has 0 N–H and O–H groups in total. The van der Waals surface area contributed by atoms with E-state index in [1.54, 1.807) is 0 Å². The van der Waals surface area contributed by atoms with E-state index in [1.807, 2.05) is 0 Å². The van der Waals surface area contributed by atoms with Crippen LogP contribution in [0.25, 0.3) is 0 Å². The van der Waals surface area contributed by atoms with E-state index in [2.05, 4.69) is 27.7 Å². The lowest BCUT2D eigenvalue weighted by atomic mass is 9.95. The molecule has 0 saturated heterocycles. The fourth-order valence-corrected chi connectivity index (χ4v) is 3.72. The summed E-state index contributed by atoms with van der Waals surface area (Å²) in [7, 11) is 0. The number of rotatable bonds is 15. The second-order valence-corrected chi connectivity index (χ2v) is 9.63. The highest BCUT2D eigenvalue weighted by molar-refractivity contribution is 5.61. The predicted octanol–water partition coefficient (Wildman–Crippen LogP) is 7.43. The number of carbonyl (C=O) groups is 2. The van der Waals surface area contributed by atoms with Gasteiger partial charge in [0.05, 0.1) is 13.2 Å². The first-order valence-corrected chi connectivity index (χ1v) is 12.5. The maximum atomic E-state index is 12.0. The van der Waals surface area contributed by atoms with Crippen molar-refractivity contribution in [3.05, 3.63) is 0 Å². The molecule has 6 heteroatoms. The van der Waals surface area contributed by atoms with E-state index in [-0.39, 0.29) is 0 Å². The minimum Gasteiger partial charge on any atom is -0.434 e. The van der Waals surface area contributed by atoms with Gasteiger partial charge >= 0.3 is 12.3 Å². The zero-order valence-electron chi connectivity index (χ0n) is 20.4. The van der Waals surface area contributed by atoms with Crippen molar-refractivity contribution >= 4 is 12.3 Å². The number of hydrogen-bond donors (Lipinski definition) is 0. The molecule has 2 unspecified atom stereocenters. The van der Waals surface area contributed by atoms with Crippen LogP contribution in [0.2, 0.25) is 0 Å². The van der Waals surface area contributed by atoms with Crippen LogP contribution in [0.15, 0.2) is 0 Å². The monoisotopic (exact) mass is 442 g/mol. The van der Waals surface area contributed by atoms with Crippen LogP contribution in [0, 0.1) is 11.8 Å². The number of ether oxygens (including phenoxy) is 4. The molecule has 1 aliphatic rings. The Bertz CT molecular complexity index is 477. The van der Waals surface area contributed by atoms with Crippen molar-refractivity contribution < 1.29 is 28.5 Å². The molecular formula is C25H46O6. The number of unbranched alkanes of at least 4 members (excludes halogenated alkanes) is 6. The third-order valence-corrected chi connectivity index (χ3v) is 5.70. The normalized spacial score (nSPS) is 18.8. The lowest BCUT2D eigenvalue weighted by Crippen LogP contribution is -2.38. The van der Waals surface area contributed by atoms with E-state index < -0.39 is 24.5 Å². The van der Waals surface area contributed by atoms with Gasteiger partial charge in [-0.1, -0.05) is 72.6 Å². The quantitative estimate of drug-likeness (QED) is 0.194. The molecule has 1 fully saturated rings. The number of carbonyl (C=O) groups excluding carboxylic acids is 2. The molecule has 0 aromatic carbocycles. The third kappa shape index (κ3) is 15.1. The van der Waals surface area contributed by atoms with Gasteiger partial charge in [-0.05, 0) is 50.4 Å². The van der Waals surface area contributed by atoms with Crippen LogP contribution in [0.1, 0.15) is 111 Å². The molecule has 0 spiro atoms. The summed E-state index contributed by atoms with van der Waals surface area (Å²) in [6.07, 6.45) is 11.4. The Hall–Kier alpha value is -1.46. The largest absolute Gasteiger partial charge is 0.508 e. The van der Waals surface area contributed by atoms with Gasteiger partial charge in [0.2, 0.25) is 0 Å². The van der Waals surface area contributed by atoms with E-state index in [4.69, 9.17) is 18.9 Å². The van der Waals surface area contributed by atoms with Crippen molar-refractivity contribution in [3.8, 4) is 0 Å². The molecule has 0 aliphatic heterocycles. The number of hydrogen-bond acceptors (Lipinski definition) is 6. The summed E-state index contributed by atoms with van der Waals surface area (Å²) in [6.45, 7) is 9.40. The lowest BCUT2D eigenvalue weighted by molar-refractivity contribution is -0.0715. The van der Waals surface area contributed by atoms with Crippen molar-refractivity contribution in [2.75, 3.05) is 13.2 Å². The summed E-state index contributed by atoms with van der Waals surface area (Å²) in [5.41, 5.74) is 0. The molecule has 0 bridgehead atoms. The summed E-state index contributed by atoms with van der Waals surface area (Å²) in [6, 6.07) is 0. The maximum absolute atomic E-state index is 12.0. The predicted molar refractivity (Wildman–Crippen MR) is 122 cm³/mol. The summed E-state index contributed by atoms with van der Waals surface area (Å²) in [5, 5.41) is 0. The zero-order chi connectivity index (χ0) is 22.9. The average Bonchev–Trinajstić information content (AvgIpc) is 2.70. The van der Waals surface area contributed by atoms with Gasteiger partial charge in [-0.15, -0.1) is 0 Å². The van der Waals surface area contributed by atoms with Gasteiger partial charge in [-0.2, -0.15) is 0 Å². The third-order valence-electron chi connectivity index (χ3n) is 5.70. The van der Waals surface area contributed by atoms with Crippen molar-refractivity contribution in [2.24, 2.45) is 11.8 Å².